The molecule has 20 heavy (non-hydrogen) atoms. The Morgan fingerprint density at radius 2 is 1.90 bits per heavy atom. The van der Waals surface area contributed by atoms with Gasteiger partial charge in [0.05, 0.1) is 0 Å². The maximum Gasteiger partial charge on any atom is 0.277 e. The molecule has 1 aromatic carbocycles. The van der Waals surface area contributed by atoms with Gasteiger partial charge < -0.3 is 9.88 Å². The first-order valence-corrected chi connectivity index (χ1v) is 8.13. The van der Waals surface area contributed by atoms with E-state index < -0.39 is 10.2 Å². The summed E-state index contributed by atoms with van der Waals surface area (Å²) < 4.78 is 23.9. The number of aromatic nitrogens is 1. The van der Waals surface area contributed by atoms with Crippen LogP contribution in [0.15, 0.2) is 24.4 Å². The van der Waals surface area contributed by atoms with Crippen molar-refractivity contribution in [2.75, 3.05) is 31.1 Å². The van der Waals surface area contributed by atoms with Gasteiger partial charge in [0, 0.05) is 54.0 Å². The molecule has 0 spiro atoms. The molecule has 0 atom stereocenters. The number of nitrogens with two attached hydrogens (primary N) is 1. The van der Waals surface area contributed by atoms with Gasteiger partial charge in [0.25, 0.3) is 10.2 Å². The highest BCUT2D eigenvalue weighted by molar-refractivity contribution is 7.86. The highest BCUT2D eigenvalue weighted by Crippen LogP contribution is 2.31. The average molecular weight is 315 g/mol. The molecule has 2 heterocycles. The number of hydrogen-bond acceptors (Lipinski definition) is 3. The molecule has 8 heteroatoms. The summed E-state index contributed by atoms with van der Waals surface area (Å²) in [5.74, 6) is 0. The topological polar surface area (TPSA) is 82.4 Å². The van der Waals surface area contributed by atoms with E-state index in [0.29, 0.717) is 31.2 Å². The molecule has 0 unspecified atom stereocenters. The number of fused-ring (bicyclic) bond motifs is 1. The van der Waals surface area contributed by atoms with Gasteiger partial charge in [-0.2, -0.15) is 12.7 Å². The molecule has 0 bridgehead atoms. The number of benzene rings is 1. The summed E-state index contributed by atoms with van der Waals surface area (Å²) in [4.78, 5) is 5.26. The van der Waals surface area contributed by atoms with Gasteiger partial charge in [0.15, 0.2) is 0 Å². The van der Waals surface area contributed by atoms with Gasteiger partial charge >= 0.3 is 0 Å². The number of aromatic amines is 1. The second kappa shape index (κ2) is 4.92. The predicted molar refractivity (Wildman–Crippen MR) is 80.2 cm³/mol. The molecule has 0 aliphatic carbocycles. The SMILES string of the molecule is NS(=O)(=O)N1CCN(c2cc(Cl)cc3[nH]ccc23)CC1. The Bertz CT molecular complexity index is 735. The number of H-pyrrole nitrogens is 1. The summed E-state index contributed by atoms with van der Waals surface area (Å²) in [7, 11) is -3.60. The second-order valence-corrected chi connectivity index (χ2v) is 6.78. The predicted octanol–water partition coefficient (Wildman–Crippen LogP) is 1.15. The van der Waals surface area contributed by atoms with Crippen molar-refractivity contribution >= 4 is 38.4 Å². The molecule has 1 fully saturated rings. The van der Waals surface area contributed by atoms with Crippen molar-refractivity contribution < 1.29 is 8.42 Å². The zero-order chi connectivity index (χ0) is 14.3. The zero-order valence-corrected chi connectivity index (χ0v) is 12.3. The van der Waals surface area contributed by atoms with Crippen molar-refractivity contribution in [1.82, 2.24) is 9.29 Å². The molecule has 0 saturated carbocycles. The zero-order valence-electron chi connectivity index (χ0n) is 10.7. The summed E-state index contributed by atoms with van der Waals surface area (Å²) in [5, 5.41) is 6.88. The van der Waals surface area contributed by atoms with Crippen LogP contribution >= 0.6 is 11.6 Å². The minimum absolute atomic E-state index is 0.386. The first-order valence-electron chi connectivity index (χ1n) is 6.24. The van der Waals surface area contributed by atoms with Crippen LogP contribution in [0.3, 0.4) is 0 Å². The fourth-order valence-corrected chi connectivity index (χ4v) is 3.44. The molecule has 2 aromatic rings. The standard InChI is InChI=1S/C12H15ClN4O2S/c13-9-7-11-10(1-2-15-11)12(8-9)16-3-5-17(6-4-16)20(14,18)19/h1-2,7-8,15H,3-6H2,(H2,14,18,19). The van der Waals surface area contributed by atoms with Gasteiger partial charge in [-0.05, 0) is 18.2 Å². The Labute approximate surface area is 122 Å². The van der Waals surface area contributed by atoms with Crippen LogP contribution in [0.25, 0.3) is 10.9 Å². The van der Waals surface area contributed by atoms with Crippen molar-refractivity contribution in [1.29, 1.82) is 0 Å². The number of rotatable bonds is 2. The molecule has 1 saturated heterocycles. The van der Waals surface area contributed by atoms with Crippen molar-refractivity contribution in [3.63, 3.8) is 0 Å². The molecule has 3 rings (SSSR count). The number of nitrogens with zero attached hydrogens (tertiary/aromatic N) is 2. The van der Waals surface area contributed by atoms with Crippen LogP contribution in [0.4, 0.5) is 5.69 Å². The second-order valence-electron chi connectivity index (χ2n) is 4.79. The first-order chi connectivity index (χ1) is 9.45. The molecule has 3 N–H and O–H groups in total. The number of piperazine rings is 1. The fourth-order valence-electron chi connectivity index (χ4n) is 2.56. The lowest BCUT2D eigenvalue weighted by molar-refractivity contribution is 0.386. The largest absolute Gasteiger partial charge is 0.368 e. The van der Waals surface area contributed by atoms with E-state index in [1.54, 1.807) is 0 Å². The summed E-state index contributed by atoms with van der Waals surface area (Å²) >= 11 is 6.13. The van der Waals surface area contributed by atoms with Crippen LogP contribution in [-0.2, 0) is 10.2 Å². The van der Waals surface area contributed by atoms with Gasteiger partial charge in [0.1, 0.15) is 0 Å². The molecule has 0 amide bonds. The van der Waals surface area contributed by atoms with Crippen molar-refractivity contribution in [3.8, 4) is 0 Å². The van der Waals surface area contributed by atoms with E-state index >= 15 is 0 Å². The van der Waals surface area contributed by atoms with Crippen LogP contribution in [0.2, 0.25) is 5.02 Å². The number of hydrogen-bond donors (Lipinski definition) is 2. The van der Waals surface area contributed by atoms with E-state index in [1.807, 2.05) is 24.4 Å². The maximum absolute atomic E-state index is 11.3. The Balaban J connectivity index is 1.89. The van der Waals surface area contributed by atoms with E-state index in [1.165, 1.54) is 4.31 Å². The lowest BCUT2D eigenvalue weighted by Gasteiger charge is -2.34. The van der Waals surface area contributed by atoms with Crippen molar-refractivity contribution in [3.05, 3.63) is 29.4 Å². The van der Waals surface area contributed by atoms with Crippen molar-refractivity contribution in [2.24, 2.45) is 5.14 Å². The van der Waals surface area contributed by atoms with E-state index in [-0.39, 0.29) is 0 Å². The third kappa shape index (κ3) is 2.49. The third-order valence-corrected chi connectivity index (χ3v) is 4.85. The minimum atomic E-state index is -3.60. The lowest BCUT2D eigenvalue weighted by Crippen LogP contribution is -2.50. The maximum atomic E-state index is 11.3. The molecular weight excluding hydrogens is 300 g/mol. The van der Waals surface area contributed by atoms with E-state index in [0.717, 1.165) is 16.6 Å². The molecular formula is C12H15ClN4O2S. The van der Waals surface area contributed by atoms with Gasteiger partial charge in [-0.15, -0.1) is 0 Å². The number of anilines is 1. The van der Waals surface area contributed by atoms with Crippen LogP contribution in [-0.4, -0.2) is 43.9 Å². The Kier molecular flexibility index (Phi) is 3.37. The monoisotopic (exact) mass is 314 g/mol. The van der Waals surface area contributed by atoms with Gasteiger partial charge in [-0.3, -0.25) is 0 Å². The Morgan fingerprint density at radius 3 is 2.55 bits per heavy atom. The van der Waals surface area contributed by atoms with Gasteiger partial charge in [-0.25, -0.2) is 5.14 Å². The van der Waals surface area contributed by atoms with Crippen LogP contribution in [0.5, 0.6) is 0 Å². The van der Waals surface area contributed by atoms with Crippen LogP contribution < -0.4 is 10.0 Å². The summed E-state index contributed by atoms with van der Waals surface area (Å²) in [6.07, 6.45) is 1.87. The van der Waals surface area contributed by atoms with E-state index in [4.69, 9.17) is 16.7 Å². The normalized spacial score (nSPS) is 17.8. The van der Waals surface area contributed by atoms with Gasteiger partial charge in [0.2, 0.25) is 0 Å². The first kappa shape index (κ1) is 13.7. The highest BCUT2D eigenvalue weighted by atomic mass is 35.5. The van der Waals surface area contributed by atoms with Crippen molar-refractivity contribution in [2.45, 2.75) is 0 Å². The quantitative estimate of drug-likeness (QED) is 0.872. The molecule has 6 nitrogen and oxygen atoms in total. The lowest BCUT2D eigenvalue weighted by atomic mass is 10.2. The van der Waals surface area contributed by atoms with E-state index in [2.05, 4.69) is 9.88 Å². The highest BCUT2D eigenvalue weighted by Gasteiger charge is 2.25. The smallest absolute Gasteiger partial charge is 0.277 e. The van der Waals surface area contributed by atoms with Crippen LogP contribution in [0.1, 0.15) is 0 Å². The fraction of sp³-hybridized carbons (Fsp3) is 0.333. The molecule has 0 radical (unpaired) electrons. The summed E-state index contributed by atoms with van der Waals surface area (Å²) in [5.41, 5.74) is 1.99. The number of halogens is 1. The molecule has 1 aliphatic rings. The Hall–Kier alpha value is -1.28. The minimum Gasteiger partial charge on any atom is -0.368 e. The molecule has 1 aliphatic heterocycles. The Morgan fingerprint density at radius 1 is 1.20 bits per heavy atom. The average Bonchev–Trinajstić information content (AvgIpc) is 2.85. The summed E-state index contributed by atoms with van der Waals surface area (Å²) in [6.45, 7) is 1.96. The van der Waals surface area contributed by atoms with Gasteiger partial charge in [-0.1, -0.05) is 11.6 Å². The van der Waals surface area contributed by atoms with Crippen LogP contribution in [0, 0.1) is 0 Å². The summed E-state index contributed by atoms with van der Waals surface area (Å²) in [6, 6.07) is 5.78. The van der Waals surface area contributed by atoms with E-state index in [9.17, 15) is 8.42 Å². The molecule has 108 valence electrons. The molecule has 1 aromatic heterocycles. The third-order valence-electron chi connectivity index (χ3n) is 3.55. The number of nitrogens with one attached hydrogen (secondary N) is 1.